The van der Waals surface area contributed by atoms with Crippen molar-refractivity contribution < 1.29 is 4.79 Å². The summed E-state index contributed by atoms with van der Waals surface area (Å²) in [4.78, 5) is 11.6. The molecule has 94 valence electrons. The fourth-order valence-corrected chi connectivity index (χ4v) is 2.04. The van der Waals surface area contributed by atoms with Gasteiger partial charge in [-0.1, -0.05) is 6.92 Å². The average molecular weight is 235 g/mol. The molecular formula is C13H21N3O. The van der Waals surface area contributed by atoms with Crippen molar-refractivity contribution in [1.82, 2.24) is 15.2 Å². The third kappa shape index (κ3) is 3.33. The molecule has 0 aromatic carbocycles. The number of rotatable bonds is 6. The molecule has 1 saturated carbocycles. The highest BCUT2D eigenvalue weighted by atomic mass is 16.2. The highest BCUT2D eigenvalue weighted by Crippen LogP contribution is 2.19. The lowest BCUT2D eigenvalue weighted by Gasteiger charge is -2.11. The molecule has 17 heavy (non-hydrogen) atoms. The van der Waals surface area contributed by atoms with Crippen molar-refractivity contribution in [2.75, 3.05) is 7.05 Å². The third-order valence-corrected chi connectivity index (χ3v) is 3.20. The minimum atomic E-state index is 0.118. The van der Waals surface area contributed by atoms with Crippen molar-refractivity contribution in [2.45, 2.75) is 44.8 Å². The van der Waals surface area contributed by atoms with Crippen molar-refractivity contribution in [3.05, 3.63) is 24.0 Å². The van der Waals surface area contributed by atoms with Crippen LogP contribution in [0.3, 0.4) is 0 Å². The lowest BCUT2D eigenvalue weighted by molar-refractivity contribution is -0.121. The molecule has 1 aromatic rings. The van der Waals surface area contributed by atoms with Crippen LogP contribution in [0.25, 0.3) is 0 Å². The number of carbonyl (C=O) groups excluding carboxylic acids is 1. The first-order chi connectivity index (χ1) is 8.22. The van der Waals surface area contributed by atoms with Crippen LogP contribution >= 0.6 is 0 Å². The summed E-state index contributed by atoms with van der Waals surface area (Å²) in [6, 6.07) is 2.90. The average Bonchev–Trinajstić information content (AvgIpc) is 2.99. The van der Waals surface area contributed by atoms with Crippen LogP contribution in [-0.4, -0.2) is 23.6 Å². The molecule has 0 spiro atoms. The molecular weight excluding hydrogens is 214 g/mol. The van der Waals surface area contributed by atoms with Gasteiger partial charge in [0.15, 0.2) is 0 Å². The van der Waals surface area contributed by atoms with Crippen molar-refractivity contribution in [3.8, 4) is 0 Å². The van der Waals surface area contributed by atoms with E-state index < -0.39 is 0 Å². The van der Waals surface area contributed by atoms with Gasteiger partial charge in [-0.25, -0.2) is 0 Å². The zero-order valence-corrected chi connectivity index (χ0v) is 10.6. The number of carbonyl (C=O) groups is 1. The zero-order valence-electron chi connectivity index (χ0n) is 10.6. The molecule has 1 atom stereocenters. The van der Waals surface area contributed by atoms with Crippen LogP contribution in [0.1, 0.15) is 37.8 Å². The Bertz CT molecular complexity index is 378. The fourth-order valence-electron chi connectivity index (χ4n) is 2.04. The van der Waals surface area contributed by atoms with Gasteiger partial charge in [-0.2, -0.15) is 0 Å². The first kappa shape index (κ1) is 12.2. The van der Waals surface area contributed by atoms with Crippen LogP contribution in [0.4, 0.5) is 0 Å². The number of hydrogen-bond acceptors (Lipinski definition) is 2. The molecule has 1 aliphatic carbocycles. The maximum atomic E-state index is 11.6. The fraction of sp³-hybridized carbons (Fsp3) is 0.615. The van der Waals surface area contributed by atoms with Crippen LogP contribution in [0.15, 0.2) is 18.5 Å². The quantitative estimate of drug-likeness (QED) is 0.783. The summed E-state index contributed by atoms with van der Waals surface area (Å²) in [7, 11) is 1.96. The Morgan fingerprint density at radius 1 is 1.59 bits per heavy atom. The topological polar surface area (TPSA) is 46.1 Å². The highest BCUT2D eigenvalue weighted by molar-refractivity contribution is 5.76. The van der Waals surface area contributed by atoms with Gasteiger partial charge in [0.25, 0.3) is 0 Å². The summed E-state index contributed by atoms with van der Waals surface area (Å²) < 4.78 is 1.95. The van der Waals surface area contributed by atoms with Gasteiger partial charge in [-0.15, -0.1) is 0 Å². The number of aromatic nitrogens is 1. The molecule has 0 aliphatic heterocycles. The molecule has 2 rings (SSSR count). The molecule has 4 nitrogen and oxygen atoms in total. The van der Waals surface area contributed by atoms with Crippen LogP contribution in [0.5, 0.6) is 0 Å². The summed E-state index contributed by atoms with van der Waals surface area (Å²) in [6.45, 7) is 2.58. The van der Waals surface area contributed by atoms with Gasteiger partial charge >= 0.3 is 0 Å². The first-order valence-electron chi connectivity index (χ1n) is 6.35. The summed E-state index contributed by atoms with van der Waals surface area (Å²) in [6.07, 6.45) is 7.36. The SMILES string of the molecule is CCC(NC)c1ccn(CC(=O)NC2CC2)c1. The molecule has 1 aromatic heterocycles. The van der Waals surface area contributed by atoms with Gasteiger partial charge in [0, 0.05) is 24.5 Å². The Balaban J connectivity index is 1.90. The molecule has 1 aliphatic rings. The third-order valence-electron chi connectivity index (χ3n) is 3.20. The maximum Gasteiger partial charge on any atom is 0.240 e. The largest absolute Gasteiger partial charge is 0.352 e. The Morgan fingerprint density at radius 3 is 2.94 bits per heavy atom. The van der Waals surface area contributed by atoms with Gasteiger partial charge in [0.2, 0.25) is 5.91 Å². The standard InChI is InChI=1S/C13H21N3O/c1-3-12(14-2)10-6-7-16(8-10)9-13(17)15-11-4-5-11/h6-8,11-12,14H,3-5,9H2,1-2H3,(H,15,17). The molecule has 2 N–H and O–H groups in total. The number of hydrogen-bond donors (Lipinski definition) is 2. The minimum Gasteiger partial charge on any atom is -0.352 e. The number of amides is 1. The Morgan fingerprint density at radius 2 is 2.35 bits per heavy atom. The molecule has 1 amide bonds. The predicted octanol–water partition coefficient (Wildman–Crippen LogP) is 1.44. The van der Waals surface area contributed by atoms with Gasteiger partial charge in [0.1, 0.15) is 6.54 Å². The van der Waals surface area contributed by atoms with E-state index in [1.54, 1.807) is 0 Å². The summed E-state index contributed by atoms with van der Waals surface area (Å²) in [5, 5.41) is 6.26. The van der Waals surface area contributed by atoms with Crippen molar-refractivity contribution >= 4 is 5.91 Å². The normalized spacial score (nSPS) is 16.8. The Kier molecular flexibility index (Phi) is 3.84. The smallest absolute Gasteiger partial charge is 0.240 e. The van der Waals surface area contributed by atoms with E-state index in [2.05, 4.69) is 29.8 Å². The minimum absolute atomic E-state index is 0.118. The number of nitrogens with one attached hydrogen (secondary N) is 2. The molecule has 0 radical (unpaired) electrons. The van der Waals surface area contributed by atoms with Crippen molar-refractivity contribution in [1.29, 1.82) is 0 Å². The Hall–Kier alpha value is -1.29. The summed E-state index contributed by atoms with van der Waals surface area (Å²) in [5.74, 6) is 0.118. The second-order valence-corrected chi connectivity index (χ2v) is 4.71. The van der Waals surface area contributed by atoms with Crippen LogP contribution in [-0.2, 0) is 11.3 Å². The monoisotopic (exact) mass is 235 g/mol. The van der Waals surface area contributed by atoms with Gasteiger partial charge < -0.3 is 15.2 Å². The van der Waals surface area contributed by atoms with E-state index >= 15 is 0 Å². The molecule has 1 fully saturated rings. The predicted molar refractivity (Wildman–Crippen MR) is 67.7 cm³/mol. The lowest BCUT2D eigenvalue weighted by Crippen LogP contribution is -2.28. The zero-order chi connectivity index (χ0) is 12.3. The van der Waals surface area contributed by atoms with Gasteiger partial charge in [0.05, 0.1) is 0 Å². The van der Waals surface area contributed by atoms with E-state index in [1.807, 2.05) is 17.8 Å². The molecule has 0 saturated heterocycles. The Labute approximate surface area is 102 Å². The number of nitrogens with zero attached hydrogens (tertiary/aromatic N) is 1. The first-order valence-corrected chi connectivity index (χ1v) is 6.35. The van der Waals surface area contributed by atoms with Gasteiger partial charge in [-0.05, 0) is 37.9 Å². The molecule has 0 bridgehead atoms. The second-order valence-electron chi connectivity index (χ2n) is 4.71. The van der Waals surface area contributed by atoms with Crippen LogP contribution in [0.2, 0.25) is 0 Å². The van der Waals surface area contributed by atoms with E-state index in [0.29, 0.717) is 18.6 Å². The van der Waals surface area contributed by atoms with Crippen molar-refractivity contribution in [3.63, 3.8) is 0 Å². The highest BCUT2D eigenvalue weighted by Gasteiger charge is 2.23. The van der Waals surface area contributed by atoms with E-state index in [4.69, 9.17) is 0 Å². The van der Waals surface area contributed by atoms with E-state index in [1.165, 1.54) is 5.56 Å². The van der Waals surface area contributed by atoms with E-state index in [-0.39, 0.29) is 5.91 Å². The van der Waals surface area contributed by atoms with E-state index in [0.717, 1.165) is 19.3 Å². The van der Waals surface area contributed by atoms with Crippen LogP contribution < -0.4 is 10.6 Å². The van der Waals surface area contributed by atoms with Crippen molar-refractivity contribution in [2.24, 2.45) is 0 Å². The lowest BCUT2D eigenvalue weighted by atomic mass is 10.1. The second kappa shape index (κ2) is 5.36. The summed E-state index contributed by atoms with van der Waals surface area (Å²) >= 11 is 0. The van der Waals surface area contributed by atoms with Gasteiger partial charge in [-0.3, -0.25) is 4.79 Å². The maximum absolute atomic E-state index is 11.6. The molecule has 1 unspecified atom stereocenters. The van der Waals surface area contributed by atoms with Crippen LogP contribution in [0, 0.1) is 0 Å². The molecule has 1 heterocycles. The van der Waals surface area contributed by atoms with E-state index in [9.17, 15) is 4.79 Å². The molecule has 4 heteroatoms. The summed E-state index contributed by atoms with van der Waals surface area (Å²) in [5.41, 5.74) is 1.24.